The van der Waals surface area contributed by atoms with Gasteiger partial charge in [0.1, 0.15) is 0 Å². The van der Waals surface area contributed by atoms with Crippen LogP contribution in [0.2, 0.25) is 0 Å². The third-order valence-electron chi connectivity index (χ3n) is 1.27. The van der Waals surface area contributed by atoms with Crippen LogP contribution in [0.3, 0.4) is 0 Å². The highest BCUT2D eigenvalue weighted by Gasteiger charge is 2.04. The van der Waals surface area contributed by atoms with Crippen LogP contribution in [0.5, 0.6) is 0 Å². The minimum atomic E-state index is -0.187. The maximum absolute atomic E-state index is 10.9. The van der Waals surface area contributed by atoms with Crippen molar-refractivity contribution >= 4 is 5.97 Å². The molecule has 0 saturated heterocycles. The molecule has 0 aliphatic rings. The number of carbonyl (C=O) groups is 1. The summed E-state index contributed by atoms with van der Waals surface area (Å²) in [5.74, 6) is -0.187. The lowest BCUT2D eigenvalue weighted by molar-refractivity contribution is -0.138. The average molecular weight is 142 g/mol. The molecule has 0 fully saturated rings. The average Bonchev–Trinajstić information content (AvgIpc) is 1.91. The van der Waals surface area contributed by atoms with Crippen molar-refractivity contribution in [2.75, 3.05) is 6.61 Å². The first-order chi connectivity index (χ1) is 4.76. The second-order valence-electron chi connectivity index (χ2n) is 1.89. The summed E-state index contributed by atoms with van der Waals surface area (Å²) in [5.41, 5.74) is 0.752. The van der Waals surface area contributed by atoms with E-state index in [-0.39, 0.29) is 5.97 Å². The third kappa shape index (κ3) is 2.67. The Balaban J connectivity index is 3.91. The summed E-state index contributed by atoms with van der Waals surface area (Å²) >= 11 is 0. The Morgan fingerprint density at radius 3 is 2.40 bits per heavy atom. The Kier molecular flexibility index (Phi) is 4.63. The second-order valence-corrected chi connectivity index (χ2v) is 1.89. The van der Waals surface area contributed by atoms with Crippen molar-refractivity contribution in [1.29, 1.82) is 0 Å². The monoisotopic (exact) mass is 142 g/mol. The smallest absolute Gasteiger partial charge is 0.333 e. The Bertz CT molecular complexity index is 136. The van der Waals surface area contributed by atoms with Gasteiger partial charge in [0, 0.05) is 5.57 Å². The Morgan fingerprint density at radius 1 is 1.50 bits per heavy atom. The van der Waals surface area contributed by atoms with Crippen LogP contribution in [-0.4, -0.2) is 12.6 Å². The molecule has 2 heteroatoms. The molecule has 0 aromatic rings. The van der Waals surface area contributed by atoms with Crippen molar-refractivity contribution in [3.05, 3.63) is 11.6 Å². The van der Waals surface area contributed by atoms with E-state index in [0.717, 1.165) is 12.0 Å². The first-order valence-electron chi connectivity index (χ1n) is 3.58. The number of hydrogen-bond donors (Lipinski definition) is 0. The predicted octanol–water partition coefficient (Wildman–Crippen LogP) is 1.91. The molecule has 0 aromatic heterocycles. The van der Waals surface area contributed by atoms with Crippen molar-refractivity contribution in [2.45, 2.75) is 27.2 Å². The minimum Gasteiger partial charge on any atom is -0.463 e. The molecule has 2 nitrogen and oxygen atoms in total. The molecule has 0 heterocycles. The molecule has 0 aliphatic carbocycles. The largest absolute Gasteiger partial charge is 0.463 e. The molecule has 0 aromatic carbocycles. The molecule has 0 spiro atoms. The molecule has 0 atom stereocenters. The zero-order chi connectivity index (χ0) is 7.98. The maximum Gasteiger partial charge on any atom is 0.333 e. The highest BCUT2D eigenvalue weighted by atomic mass is 16.5. The van der Waals surface area contributed by atoms with Crippen LogP contribution in [0.4, 0.5) is 0 Å². The first kappa shape index (κ1) is 9.21. The van der Waals surface area contributed by atoms with Gasteiger partial charge in [-0.3, -0.25) is 0 Å². The molecule has 0 bridgehead atoms. The van der Waals surface area contributed by atoms with Crippen molar-refractivity contribution in [1.82, 2.24) is 0 Å². The van der Waals surface area contributed by atoms with Gasteiger partial charge in [-0.25, -0.2) is 4.79 Å². The standard InChI is InChI=1S/C8H14O2/c1-4-7(5-2)8(9)10-6-3/h4H,5-6H2,1-3H3/b7-4+. The zero-order valence-corrected chi connectivity index (χ0v) is 6.81. The summed E-state index contributed by atoms with van der Waals surface area (Å²) < 4.78 is 4.78. The van der Waals surface area contributed by atoms with E-state index in [4.69, 9.17) is 4.74 Å². The van der Waals surface area contributed by atoms with E-state index in [1.807, 2.05) is 13.8 Å². The fraction of sp³-hybridized carbons (Fsp3) is 0.625. The molecule has 0 rings (SSSR count). The van der Waals surface area contributed by atoms with Gasteiger partial charge < -0.3 is 4.74 Å². The van der Waals surface area contributed by atoms with Crippen molar-refractivity contribution in [3.8, 4) is 0 Å². The van der Waals surface area contributed by atoms with Crippen LogP contribution in [-0.2, 0) is 9.53 Å². The predicted molar refractivity (Wildman–Crippen MR) is 40.7 cm³/mol. The van der Waals surface area contributed by atoms with Crippen LogP contribution < -0.4 is 0 Å². The third-order valence-corrected chi connectivity index (χ3v) is 1.27. The van der Waals surface area contributed by atoms with Gasteiger partial charge in [0.25, 0.3) is 0 Å². The highest BCUT2D eigenvalue weighted by Crippen LogP contribution is 2.01. The van der Waals surface area contributed by atoms with E-state index in [1.54, 1.807) is 13.0 Å². The van der Waals surface area contributed by atoms with Gasteiger partial charge >= 0.3 is 5.97 Å². The molecule has 0 radical (unpaired) electrons. The van der Waals surface area contributed by atoms with Crippen LogP contribution in [0.25, 0.3) is 0 Å². The second kappa shape index (κ2) is 5.03. The van der Waals surface area contributed by atoms with E-state index in [1.165, 1.54) is 0 Å². The molecule has 10 heavy (non-hydrogen) atoms. The number of allylic oxidation sites excluding steroid dienone is 1. The molecule has 0 amide bonds. The lowest BCUT2D eigenvalue weighted by atomic mass is 10.2. The van der Waals surface area contributed by atoms with Crippen LogP contribution in [0, 0.1) is 0 Å². The van der Waals surface area contributed by atoms with E-state index in [0.29, 0.717) is 6.61 Å². The quantitative estimate of drug-likeness (QED) is 0.444. The van der Waals surface area contributed by atoms with Gasteiger partial charge in [-0.2, -0.15) is 0 Å². The summed E-state index contributed by atoms with van der Waals surface area (Å²) in [5, 5.41) is 0. The normalized spacial score (nSPS) is 11.3. The lowest BCUT2D eigenvalue weighted by Gasteiger charge is -2.01. The highest BCUT2D eigenvalue weighted by molar-refractivity contribution is 5.88. The number of hydrogen-bond acceptors (Lipinski definition) is 2. The summed E-state index contributed by atoms with van der Waals surface area (Å²) in [6.07, 6.45) is 2.54. The van der Waals surface area contributed by atoms with Crippen LogP contribution in [0.15, 0.2) is 11.6 Å². The van der Waals surface area contributed by atoms with Crippen molar-refractivity contribution < 1.29 is 9.53 Å². The van der Waals surface area contributed by atoms with Gasteiger partial charge in [0.05, 0.1) is 6.61 Å². The fourth-order valence-electron chi connectivity index (χ4n) is 0.690. The molecule has 58 valence electrons. The van der Waals surface area contributed by atoms with E-state index in [2.05, 4.69) is 0 Å². The number of ether oxygens (including phenoxy) is 1. The number of rotatable bonds is 3. The molecule has 0 saturated carbocycles. The Labute approximate surface area is 61.9 Å². The molecular formula is C8H14O2. The number of esters is 1. The maximum atomic E-state index is 10.9. The summed E-state index contributed by atoms with van der Waals surface area (Å²) in [7, 11) is 0. The summed E-state index contributed by atoms with van der Waals surface area (Å²) in [6, 6.07) is 0. The minimum absolute atomic E-state index is 0.187. The molecule has 0 unspecified atom stereocenters. The van der Waals surface area contributed by atoms with Gasteiger partial charge in [-0.15, -0.1) is 0 Å². The van der Waals surface area contributed by atoms with E-state index >= 15 is 0 Å². The first-order valence-corrected chi connectivity index (χ1v) is 3.58. The molecule has 0 N–H and O–H groups in total. The topological polar surface area (TPSA) is 26.3 Å². The van der Waals surface area contributed by atoms with Crippen LogP contribution in [0.1, 0.15) is 27.2 Å². The van der Waals surface area contributed by atoms with E-state index < -0.39 is 0 Å². The zero-order valence-electron chi connectivity index (χ0n) is 6.81. The fourth-order valence-corrected chi connectivity index (χ4v) is 0.690. The van der Waals surface area contributed by atoms with Gasteiger partial charge in [-0.1, -0.05) is 13.0 Å². The van der Waals surface area contributed by atoms with Gasteiger partial charge in [0.15, 0.2) is 0 Å². The Hall–Kier alpha value is -0.790. The molecule has 0 aliphatic heterocycles. The van der Waals surface area contributed by atoms with Crippen molar-refractivity contribution in [3.63, 3.8) is 0 Å². The van der Waals surface area contributed by atoms with Gasteiger partial charge in [-0.05, 0) is 20.3 Å². The molecular weight excluding hydrogens is 128 g/mol. The summed E-state index contributed by atoms with van der Waals surface area (Å²) in [6.45, 7) is 6.04. The van der Waals surface area contributed by atoms with Gasteiger partial charge in [0.2, 0.25) is 0 Å². The number of carbonyl (C=O) groups excluding carboxylic acids is 1. The van der Waals surface area contributed by atoms with E-state index in [9.17, 15) is 4.79 Å². The van der Waals surface area contributed by atoms with Crippen molar-refractivity contribution in [2.24, 2.45) is 0 Å². The lowest BCUT2D eigenvalue weighted by Crippen LogP contribution is -2.06. The Morgan fingerprint density at radius 2 is 2.10 bits per heavy atom. The van der Waals surface area contributed by atoms with Crippen LogP contribution >= 0.6 is 0 Å². The SMILES string of the molecule is C/C=C(\CC)C(=O)OCC. The summed E-state index contributed by atoms with van der Waals surface area (Å²) in [4.78, 5) is 10.9.